The molecule has 20 heavy (non-hydrogen) atoms. The topological polar surface area (TPSA) is 37.8 Å². The summed E-state index contributed by atoms with van der Waals surface area (Å²) >= 11 is 3.48. The minimum atomic E-state index is 0.352. The predicted octanol–water partition coefficient (Wildman–Crippen LogP) is 4.01. The molecule has 5 heteroatoms. The Labute approximate surface area is 129 Å². The fraction of sp³-hybridized carbons (Fsp3) is 0.600. The van der Waals surface area contributed by atoms with Crippen molar-refractivity contribution in [1.82, 2.24) is 14.9 Å². The smallest absolute Gasteiger partial charge is 0.0803 e. The number of hydrogen-bond acceptors (Lipinski definition) is 5. The molecular formula is C15H23N3S2. The average molecular weight is 310 g/mol. The third-order valence-corrected chi connectivity index (χ3v) is 5.44. The fourth-order valence-electron chi connectivity index (χ4n) is 2.32. The first kappa shape index (κ1) is 15.6. The van der Waals surface area contributed by atoms with E-state index < -0.39 is 0 Å². The third kappa shape index (κ3) is 3.87. The van der Waals surface area contributed by atoms with Gasteiger partial charge in [0.25, 0.3) is 0 Å². The van der Waals surface area contributed by atoms with Gasteiger partial charge < -0.3 is 5.32 Å². The summed E-state index contributed by atoms with van der Waals surface area (Å²) in [4.78, 5) is 4.23. The maximum absolute atomic E-state index is 4.30. The molecule has 1 unspecified atom stereocenters. The van der Waals surface area contributed by atoms with Gasteiger partial charge >= 0.3 is 0 Å². The SMILES string of the molecule is CCCc1nnsc1C(Cc1ccc(CC)s1)NCC. The van der Waals surface area contributed by atoms with Crippen LogP contribution in [0.15, 0.2) is 12.1 Å². The summed E-state index contributed by atoms with van der Waals surface area (Å²) < 4.78 is 4.16. The van der Waals surface area contributed by atoms with Crippen LogP contribution in [0, 0.1) is 0 Å². The number of rotatable bonds is 8. The molecule has 2 rings (SSSR count). The van der Waals surface area contributed by atoms with Gasteiger partial charge in [0.05, 0.1) is 10.6 Å². The van der Waals surface area contributed by atoms with E-state index in [0.29, 0.717) is 6.04 Å². The maximum atomic E-state index is 4.30. The van der Waals surface area contributed by atoms with Gasteiger partial charge in [0.1, 0.15) is 0 Å². The molecule has 0 aliphatic carbocycles. The number of likely N-dealkylation sites (N-methyl/N-ethyl adjacent to an activating group) is 1. The number of nitrogens with one attached hydrogen (secondary N) is 1. The average Bonchev–Trinajstić information content (AvgIpc) is 3.07. The Hall–Kier alpha value is -0.780. The van der Waals surface area contributed by atoms with Gasteiger partial charge in [0.15, 0.2) is 0 Å². The van der Waals surface area contributed by atoms with Crippen molar-refractivity contribution >= 4 is 22.9 Å². The highest BCUT2D eigenvalue weighted by molar-refractivity contribution is 7.12. The van der Waals surface area contributed by atoms with Gasteiger partial charge in [-0.3, -0.25) is 0 Å². The predicted molar refractivity (Wildman–Crippen MR) is 87.7 cm³/mol. The van der Waals surface area contributed by atoms with Gasteiger partial charge in [-0.05, 0) is 43.1 Å². The van der Waals surface area contributed by atoms with E-state index in [1.165, 1.54) is 20.3 Å². The lowest BCUT2D eigenvalue weighted by Crippen LogP contribution is -2.22. The summed E-state index contributed by atoms with van der Waals surface area (Å²) in [5.74, 6) is 0. The van der Waals surface area contributed by atoms with E-state index in [9.17, 15) is 0 Å². The molecule has 0 saturated heterocycles. The highest BCUT2D eigenvalue weighted by atomic mass is 32.1. The van der Waals surface area contributed by atoms with Crippen LogP contribution in [-0.4, -0.2) is 16.1 Å². The van der Waals surface area contributed by atoms with Gasteiger partial charge in [-0.25, -0.2) is 0 Å². The number of aryl methyl sites for hydroxylation is 2. The normalized spacial score (nSPS) is 12.8. The van der Waals surface area contributed by atoms with Crippen LogP contribution in [0.4, 0.5) is 0 Å². The molecule has 0 aliphatic heterocycles. The van der Waals surface area contributed by atoms with Crippen LogP contribution in [0.2, 0.25) is 0 Å². The summed E-state index contributed by atoms with van der Waals surface area (Å²) in [6.45, 7) is 7.54. The number of nitrogens with zero attached hydrogens (tertiary/aromatic N) is 2. The zero-order valence-electron chi connectivity index (χ0n) is 12.5. The number of hydrogen-bond donors (Lipinski definition) is 1. The van der Waals surface area contributed by atoms with Crippen LogP contribution >= 0.6 is 22.9 Å². The van der Waals surface area contributed by atoms with E-state index in [-0.39, 0.29) is 0 Å². The quantitative estimate of drug-likeness (QED) is 0.800. The van der Waals surface area contributed by atoms with Crippen molar-refractivity contribution in [2.24, 2.45) is 0 Å². The van der Waals surface area contributed by atoms with Crippen molar-refractivity contribution < 1.29 is 0 Å². The highest BCUT2D eigenvalue weighted by Gasteiger charge is 2.19. The monoisotopic (exact) mass is 309 g/mol. The standard InChI is InChI=1S/C15H23N3S2/c1-4-7-13-15(20-18-17-13)14(16-6-3)10-12-9-8-11(5-2)19-12/h8-9,14,16H,4-7,10H2,1-3H3. The van der Waals surface area contributed by atoms with Crippen LogP contribution in [0.25, 0.3) is 0 Å². The Morgan fingerprint density at radius 2 is 2.00 bits per heavy atom. The minimum Gasteiger partial charge on any atom is -0.309 e. The van der Waals surface area contributed by atoms with Crippen molar-refractivity contribution in [2.75, 3.05) is 6.54 Å². The molecule has 1 atom stereocenters. The lowest BCUT2D eigenvalue weighted by atomic mass is 10.1. The first-order valence-electron chi connectivity index (χ1n) is 7.40. The lowest BCUT2D eigenvalue weighted by Gasteiger charge is -2.16. The first-order chi connectivity index (χ1) is 9.78. The van der Waals surface area contributed by atoms with Crippen LogP contribution < -0.4 is 5.32 Å². The van der Waals surface area contributed by atoms with Crippen molar-refractivity contribution in [3.8, 4) is 0 Å². The number of thiophene rings is 1. The lowest BCUT2D eigenvalue weighted by molar-refractivity contribution is 0.555. The second-order valence-corrected chi connectivity index (χ2v) is 6.91. The van der Waals surface area contributed by atoms with Gasteiger partial charge in [-0.1, -0.05) is 31.7 Å². The summed E-state index contributed by atoms with van der Waals surface area (Å²) in [6, 6.07) is 4.87. The van der Waals surface area contributed by atoms with Gasteiger partial charge in [-0.15, -0.1) is 16.4 Å². The van der Waals surface area contributed by atoms with E-state index >= 15 is 0 Å². The Balaban J connectivity index is 2.15. The second kappa shape index (κ2) is 7.86. The van der Waals surface area contributed by atoms with Gasteiger partial charge in [0.2, 0.25) is 0 Å². The van der Waals surface area contributed by atoms with Crippen LogP contribution in [-0.2, 0) is 19.3 Å². The van der Waals surface area contributed by atoms with Gasteiger partial charge in [0, 0.05) is 22.2 Å². The molecule has 0 saturated carbocycles. The third-order valence-electron chi connectivity index (χ3n) is 3.31. The molecule has 0 aliphatic rings. The molecule has 0 bridgehead atoms. The molecule has 2 aromatic heterocycles. The Morgan fingerprint density at radius 1 is 1.20 bits per heavy atom. The van der Waals surface area contributed by atoms with E-state index in [2.05, 4.69) is 47.8 Å². The molecule has 2 aromatic rings. The molecule has 0 aromatic carbocycles. The summed E-state index contributed by atoms with van der Waals surface area (Å²) in [5.41, 5.74) is 1.18. The largest absolute Gasteiger partial charge is 0.309 e. The Kier molecular flexibility index (Phi) is 6.13. The van der Waals surface area contributed by atoms with Crippen molar-refractivity contribution in [1.29, 1.82) is 0 Å². The van der Waals surface area contributed by atoms with E-state index in [1.807, 2.05) is 11.3 Å². The molecule has 0 amide bonds. The summed E-state index contributed by atoms with van der Waals surface area (Å²) in [6.07, 6.45) is 4.31. The molecule has 0 fully saturated rings. The molecule has 0 spiro atoms. The summed E-state index contributed by atoms with van der Waals surface area (Å²) in [5, 5.41) is 7.90. The molecule has 1 N–H and O–H groups in total. The fourth-order valence-corrected chi connectivity index (χ4v) is 4.09. The first-order valence-corrected chi connectivity index (χ1v) is 8.99. The minimum absolute atomic E-state index is 0.352. The van der Waals surface area contributed by atoms with Crippen LogP contribution in [0.1, 0.15) is 53.6 Å². The zero-order valence-corrected chi connectivity index (χ0v) is 14.1. The van der Waals surface area contributed by atoms with Crippen molar-refractivity contribution in [3.63, 3.8) is 0 Å². The molecule has 2 heterocycles. The van der Waals surface area contributed by atoms with Gasteiger partial charge in [-0.2, -0.15) is 0 Å². The maximum Gasteiger partial charge on any atom is 0.0803 e. The van der Waals surface area contributed by atoms with Crippen molar-refractivity contribution in [3.05, 3.63) is 32.5 Å². The van der Waals surface area contributed by atoms with Crippen LogP contribution in [0.3, 0.4) is 0 Å². The molecule has 3 nitrogen and oxygen atoms in total. The van der Waals surface area contributed by atoms with E-state index in [0.717, 1.165) is 32.2 Å². The Bertz CT molecular complexity index is 519. The molecule has 0 radical (unpaired) electrons. The molecular weight excluding hydrogens is 286 g/mol. The zero-order chi connectivity index (χ0) is 14.4. The van der Waals surface area contributed by atoms with E-state index in [1.54, 1.807) is 11.5 Å². The summed E-state index contributed by atoms with van der Waals surface area (Å²) in [7, 11) is 0. The molecule has 110 valence electrons. The van der Waals surface area contributed by atoms with E-state index in [4.69, 9.17) is 0 Å². The Morgan fingerprint density at radius 3 is 2.65 bits per heavy atom. The second-order valence-electron chi connectivity index (χ2n) is 4.87. The number of aromatic nitrogens is 2. The van der Waals surface area contributed by atoms with Crippen molar-refractivity contribution in [2.45, 2.75) is 52.5 Å². The highest BCUT2D eigenvalue weighted by Crippen LogP contribution is 2.28. The van der Waals surface area contributed by atoms with Crippen LogP contribution in [0.5, 0.6) is 0 Å².